The Morgan fingerprint density at radius 1 is 1.69 bits per heavy atom. The van der Waals surface area contributed by atoms with Crippen molar-refractivity contribution in [3.8, 4) is 6.07 Å². The van der Waals surface area contributed by atoms with Gasteiger partial charge in [-0.1, -0.05) is 0 Å². The summed E-state index contributed by atoms with van der Waals surface area (Å²) in [4.78, 5) is 15.7. The number of carbonyl (C=O) groups excluding carboxylic acids is 1. The highest BCUT2D eigenvalue weighted by Crippen LogP contribution is 2.19. The van der Waals surface area contributed by atoms with Gasteiger partial charge in [-0.15, -0.1) is 0 Å². The van der Waals surface area contributed by atoms with Crippen molar-refractivity contribution in [2.75, 3.05) is 0 Å². The average Bonchev–Trinajstić information content (AvgIpc) is 2.17. The van der Waals surface area contributed by atoms with Crippen molar-refractivity contribution in [2.45, 2.75) is 19.4 Å². The first-order valence-corrected chi connectivity index (χ1v) is 6.12. The number of aromatic nitrogens is 1. The lowest BCUT2D eigenvalue weighted by Crippen LogP contribution is -2.33. The minimum absolute atomic E-state index is 0.185. The van der Waals surface area contributed by atoms with E-state index >= 15 is 0 Å². The van der Waals surface area contributed by atoms with Crippen LogP contribution in [0.4, 0.5) is 0 Å². The summed E-state index contributed by atoms with van der Waals surface area (Å²) in [6, 6.07) is 3.56. The van der Waals surface area contributed by atoms with Crippen LogP contribution in [0.15, 0.2) is 21.2 Å². The predicted octanol–water partition coefficient (Wildman–Crippen LogP) is 2.64. The molecular formula is C10H9Br2N3O. The molecule has 0 fully saturated rings. The van der Waals surface area contributed by atoms with Crippen LogP contribution in [0.3, 0.4) is 0 Å². The molecule has 1 aromatic heterocycles. The normalized spacial score (nSPS) is 11.6. The van der Waals surface area contributed by atoms with E-state index in [2.05, 4.69) is 42.2 Å². The molecule has 0 aliphatic rings. The Bertz CT molecular complexity index is 442. The molecule has 4 nitrogen and oxygen atoms in total. The summed E-state index contributed by atoms with van der Waals surface area (Å²) in [6.07, 6.45) is 1.83. The van der Waals surface area contributed by atoms with E-state index in [9.17, 15) is 4.79 Å². The van der Waals surface area contributed by atoms with Crippen molar-refractivity contribution >= 4 is 37.8 Å². The molecule has 1 unspecified atom stereocenters. The fourth-order valence-electron chi connectivity index (χ4n) is 1.06. The van der Waals surface area contributed by atoms with Gasteiger partial charge in [0.15, 0.2) is 0 Å². The summed E-state index contributed by atoms with van der Waals surface area (Å²) in [7, 11) is 0. The van der Waals surface area contributed by atoms with E-state index in [1.807, 2.05) is 6.07 Å². The van der Waals surface area contributed by atoms with Crippen LogP contribution >= 0.6 is 31.9 Å². The lowest BCUT2D eigenvalue weighted by Gasteiger charge is -2.10. The summed E-state index contributed by atoms with van der Waals surface area (Å²) in [5.41, 5.74) is 0.313. The number of hydrogen-bond acceptors (Lipinski definition) is 3. The quantitative estimate of drug-likeness (QED) is 0.914. The van der Waals surface area contributed by atoms with Crippen LogP contribution in [0.5, 0.6) is 0 Å². The topological polar surface area (TPSA) is 65.8 Å². The van der Waals surface area contributed by atoms with E-state index in [1.165, 1.54) is 0 Å². The first-order chi connectivity index (χ1) is 7.54. The monoisotopic (exact) mass is 345 g/mol. The number of amides is 1. The fraction of sp³-hybridized carbons (Fsp3) is 0.300. The number of carbonyl (C=O) groups is 1. The molecule has 6 heteroatoms. The van der Waals surface area contributed by atoms with Gasteiger partial charge in [-0.25, -0.2) is 4.98 Å². The molecule has 1 rings (SSSR count). The summed E-state index contributed by atoms with van der Waals surface area (Å²) >= 11 is 6.51. The lowest BCUT2D eigenvalue weighted by atomic mass is 10.2. The van der Waals surface area contributed by atoms with Gasteiger partial charge in [0, 0.05) is 16.7 Å². The number of hydrogen-bond donors (Lipinski definition) is 1. The predicted molar refractivity (Wildman–Crippen MR) is 66.8 cm³/mol. The van der Waals surface area contributed by atoms with E-state index < -0.39 is 0 Å². The lowest BCUT2D eigenvalue weighted by molar-refractivity contribution is 0.0935. The first kappa shape index (κ1) is 13.1. The minimum atomic E-state index is -0.290. The van der Waals surface area contributed by atoms with E-state index in [0.717, 1.165) is 4.47 Å². The van der Waals surface area contributed by atoms with E-state index in [0.29, 0.717) is 10.2 Å². The van der Waals surface area contributed by atoms with Crippen LogP contribution < -0.4 is 5.32 Å². The molecule has 1 atom stereocenters. The van der Waals surface area contributed by atoms with Crippen molar-refractivity contribution in [1.29, 1.82) is 5.26 Å². The zero-order valence-electron chi connectivity index (χ0n) is 8.50. The number of halogens is 2. The Hall–Kier alpha value is -0.930. The van der Waals surface area contributed by atoms with E-state index in [4.69, 9.17) is 5.26 Å². The molecule has 0 radical (unpaired) electrons. The number of nitriles is 1. The van der Waals surface area contributed by atoms with Crippen molar-refractivity contribution in [3.05, 3.63) is 26.9 Å². The molecular weight excluding hydrogens is 338 g/mol. The summed E-state index contributed by atoms with van der Waals surface area (Å²) in [6.45, 7) is 1.77. The Balaban J connectivity index is 2.78. The van der Waals surface area contributed by atoms with Gasteiger partial charge in [-0.3, -0.25) is 4.79 Å². The zero-order chi connectivity index (χ0) is 12.1. The van der Waals surface area contributed by atoms with Gasteiger partial charge < -0.3 is 5.32 Å². The van der Waals surface area contributed by atoms with Crippen molar-refractivity contribution in [1.82, 2.24) is 10.3 Å². The van der Waals surface area contributed by atoms with E-state index in [-0.39, 0.29) is 18.4 Å². The third kappa shape index (κ3) is 3.58. The van der Waals surface area contributed by atoms with E-state index in [1.54, 1.807) is 19.2 Å². The maximum absolute atomic E-state index is 11.7. The van der Waals surface area contributed by atoms with Gasteiger partial charge in [0.25, 0.3) is 5.91 Å². The molecule has 0 aliphatic carbocycles. The maximum atomic E-state index is 11.7. The van der Waals surface area contributed by atoms with Gasteiger partial charge >= 0.3 is 0 Å². The first-order valence-electron chi connectivity index (χ1n) is 4.53. The maximum Gasteiger partial charge on any atom is 0.271 e. The van der Waals surface area contributed by atoms with Crippen molar-refractivity contribution in [2.24, 2.45) is 0 Å². The highest BCUT2D eigenvalue weighted by molar-refractivity contribution is 9.11. The SMILES string of the molecule is CC(CC#N)NC(=O)c1ncc(Br)cc1Br. The second-order valence-corrected chi connectivity index (χ2v) is 4.99. The van der Waals surface area contributed by atoms with Crippen molar-refractivity contribution < 1.29 is 4.79 Å². The van der Waals surface area contributed by atoms with Crippen LogP contribution in [-0.2, 0) is 0 Å². The third-order valence-corrected chi connectivity index (χ3v) is 2.84. The highest BCUT2D eigenvalue weighted by atomic mass is 79.9. The molecule has 16 heavy (non-hydrogen) atoms. The third-order valence-electron chi connectivity index (χ3n) is 1.80. The molecule has 0 aromatic carbocycles. The van der Waals surface area contributed by atoms with Crippen LogP contribution in [0.1, 0.15) is 23.8 Å². The molecule has 1 amide bonds. The zero-order valence-corrected chi connectivity index (χ0v) is 11.7. The minimum Gasteiger partial charge on any atom is -0.347 e. The Labute approximate surface area is 110 Å². The number of nitrogens with one attached hydrogen (secondary N) is 1. The molecule has 1 aromatic rings. The molecule has 0 bridgehead atoms. The van der Waals surface area contributed by atoms with Gasteiger partial charge in [0.1, 0.15) is 5.69 Å². The van der Waals surface area contributed by atoms with Crippen LogP contribution in [-0.4, -0.2) is 16.9 Å². The van der Waals surface area contributed by atoms with Crippen molar-refractivity contribution in [3.63, 3.8) is 0 Å². The Morgan fingerprint density at radius 3 is 2.94 bits per heavy atom. The van der Waals surface area contributed by atoms with Gasteiger partial charge in [-0.2, -0.15) is 5.26 Å². The molecule has 1 heterocycles. The van der Waals surface area contributed by atoms with Crippen LogP contribution in [0, 0.1) is 11.3 Å². The molecule has 0 spiro atoms. The Kier molecular flexibility index (Phi) is 4.90. The van der Waals surface area contributed by atoms with Gasteiger partial charge in [0.2, 0.25) is 0 Å². The average molecular weight is 347 g/mol. The molecule has 0 saturated carbocycles. The number of nitrogens with zero attached hydrogens (tertiary/aromatic N) is 2. The van der Waals surface area contributed by atoms with Gasteiger partial charge in [0.05, 0.1) is 17.0 Å². The smallest absolute Gasteiger partial charge is 0.271 e. The second kappa shape index (κ2) is 5.97. The van der Waals surface area contributed by atoms with Crippen LogP contribution in [0.25, 0.3) is 0 Å². The molecule has 0 saturated heterocycles. The molecule has 1 N–H and O–H groups in total. The molecule has 84 valence electrons. The number of rotatable bonds is 3. The highest BCUT2D eigenvalue weighted by Gasteiger charge is 2.14. The van der Waals surface area contributed by atoms with Crippen LogP contribution in [0.2, 0.25) is 0 Å². The summed E-state index contributed by atoms with van der Waals surface area (Å²) in [5.74, 6) is -0.290. The number of pyridine rings is 1. The summed E-state index contributed by atoms with van der Waals surface area (Å²) < 4.78 is 1.41. The fourth-order valence-corrected chi connectivity index (χ4v) is 2.23. The molecule has 0 aliphatic heterocycles. The standard InChI is InChI=1S/C10H9Br2N3O/c1-6(2-3-13)15-10(16)9-8(12)4-7(11)5-14-9/h4-6H,2H2,1H3,(H,15,16). The van der Waals surface area contributed by atoms with Gasteiger partial charge in [-0.05, 0) is 44.8 Å². The largest absolute Gasteiger partial charge is 0.347 e. The summed E-state index contributed by atoms with van der Waals surface area (Å²) in [5, 5.41) is 11.2. The Morgan fingerprint density at radius 2 is 2.38 bits per heavy atom. The second-order valence-electron chi connectivity index (χ2n) is 3.22.